The minimum absolute atomic E-state index is 0.832. The minimum atomic E-state index is 0.832. The summed E-state index contributed by atoms with van der Waals surface area (Å²) in [5.41, 5.74) is 12.3. The van der Waals surface area contributed by atoms with Crippen molar-refractivity contribution in [2.75, 3.05) is 23.5 Å². The first-order valence-corrected chi connectivity index (χ1v) is 15.4. The van der Waals surface area contributed by atoms with Gasteiger partial charge in [-0.1, -0.05) is 66.7 Å². The molecule has 0 amide bonds. The van der Waals surface area contributed by atoms with Crippen LogP contribution in [0.1, 0.15) is 11.1 Å². The standard InChI is InChI=1S/C40H31N5/c1-42-22-23-43(27-42)31-13-9-14-32(25-31)44(30-11-3-2-4-12-30)33-18-19-35-37(26-33)45(38-16-7-8-21-41-38)36-20-17-29-24-28-10-5-6-15-34(28)39(29)40(35)36/h2-23,25-26H,24,27H2,1H3. The molecule has 3 heterocycles. The van der Waals surface area contributed by atoms with Crippen LogP contribution in [0.4, 0.5) is 22.7 Å². The molecule has 2 aliphatic rings. The summed E-state index contributed by atoms with van der Waals surface area (Å²) in [5.74, 6) is 0.916. The molecule has 0 bridgehead atoms. The van der Waals surface area contributed by atoms with E-state index >= 15 is 0 Å². The first-order chi connectivity index (χ1) is 22.2. The molecule has 5 nitrogen and oxygen atoms in total. The van der Waals surface area contributed by atoms with E-state index in [1.165, 1.54) is 38.5 Å². The number of anilines is 4. The maximum absolute atomic E-state index is 4.85. The molecular weight excluding hydrogens is 550 g/mol. The lowest BCUT2D eigenvalue weighted by atomic mass is 9.99. The first-order valence-electron chi connectivity index (χ1n) is 15.4. The van der Waals surface area contributed by atoms with Gasteiger partial charge in [0.05, 0.1) is 17.7 Å². The van der Waals surface area contributed by atoms with Crippen molar-refractivity contribution in [3.8, 4) is 16.9 Å². The van der Waals surface area contributed by atoms with E-state index in [4.69, 9.17) is 4.98 Å². The van der Waals surface area contributed by atoms with Crippen LogP contribution < -0.4 is 9.80 Å². The summed E-state index contributed by atoms with van der Waals surface area (Å²) in [6, 6.07) is 45.9. The number of hydrogen-bond donors (Lipinski definition) is 0. The quantitative estimate of drug-likeness (QED) is 0.202. The highest BCUT2D eigenvalue weighted by atomic mass is 15.3. The van der Waals surface area contributed by atoms with E-state index in [0.717, 1.165) is 47.2 Å². The summed E-state index contributed by atoms with van der Waals surface area (Å²) in [7, 11) is 2.10. The van der Waals surface area contributed by atoms with E-state index < -0.39 is 0 Å². The Labute approximate surface area is 262 Å². The molecule has 9 rings (SSSR count). The molecule has 5 aromatic carbocycles. The topological polar surface area (TPSA) is 27.5 Å². The smallest absolute Gasteiger partial charge is 0.137 e. The van der Waals surface area contributed by atoms with Crippen LogP contribution in [-0.4, -0.2) is 28.2 Å². The predicted octanol–water partition coefficient (Wildman–Crippen LogP) is 9.40. The molecule has 2 aromatic heterocycles. The second-order valence-corrected chi connectivity index (χ2v) is 11.9. The molecule has 45 heavy (non-hydrogen) atoms. The molecule has 0 unspecified atom stereocenters. The van der Waals surface area contributed by atoms with Crippen molar-refractivity contribution in [1.82, 2.24) is 14.5 Å². The Hall–Kier alpha value is -5.81. The van der Waals surface area contributed by atoms with Gasteiger partial charge in [-0.25, -0.2) is 4.98 Å². The van der Waals surface area contributed by atoms with Crippen LogP contribution in [0.2, 0.25) is 0 Å². The highest BCUT2D eigenvalue weighted by Gasteiger charge is 2.26. The molecule has 7 aromatic rings. The molecule has 0 spiro atoms. The van der Waals surface area contributed by atoms with Gasteiger partial charge >= 0.3 is 0 Å². The third kappa shape index (κ3) is 4.12. The highest BCUT2D eigenvalue weighted by Crippen LogP contribution is 2.47. The third-order valence-electron chi connectivity index (χ3n) is 9.12. The number of fused-ring (bicyclic) bond motifs is 7. The molecule has 0 saturated heterocycles. The Balaban J connectivity index is 1.30. The van der Waals surface area contributed by atoms with Crippen molar-refractivity contribution in [2.24, 2.45) is 0 Å². The third-order valence-corrected chi connectivity index (χ3v) is 9.12. The Bertz CT molecular complexity index is 2250. The zero-order valence-corrected chi connectivity index (χ0v) is 25.0. The summed E-state index contributed by atoms with van der Waals surface area (Å²) in [6.45, 7) is 0.832. The van der Waals surface area contributed by atoms with Crippen LogP contribution in [0.3, 0.4) is 0 Å². The van der Waals surface area contributed by atoms with Crippen molar-refractivity contribution in [3.63, 3.8) is 0 Å². The van der Waals surface area contributed by atoms with Gasteiger partial charge in [-0.2, -0.15) is 0 Å². The van der Waals surface area contributed by atoms with Crippen molar-refractivity contribution < 1.29 is 0 Å². The molecular formula is C40H31N5. The Kier molecular flexibility index (Phi) is 5.78. The van der Waals surface area contributed by atoms with E-state index in [1.807, 2.05) is 12.3 Å². The number of aromatic nitrogens is 2. The highest BCUT2D eigenvalue weighted by molar-refractivity contribution is 6.18. The number of nitrogens with zero attached hydrogens (tertiary/aromatic N) is 5. The summed E-state index contributed by atoms with van der Waals surface area (Å²) in [6.07, 6.45) is 7.10. The summed E-state index contributed by atoms with van der Waals surface area (Å²) in [5, 5.41) is 2.53. The lowest BCUT2D eigenvalue weighted by molar-refractivity contribution is 0.496. The van der Waals surface area contributed by atoms with E-state index in [9.17, 15) is 0 Å². The van der Waals surface area contributed by atoms with Gasteiger partial charge in [-0.15, -0.1) is 0 Å². The van der Waals surface area contributed by atoms with Crippen molar-refractivity contribution in [3.05, 3.63) is 157 Å². The van der Waals surface area contributed by atoms with Gasteiger partial charge in [0.2, 0.25) is 0 Å². The van der Waals surface area contributed by atoms with Crippen molar-refractivity contribution in [1.29, 1.82) is 0 Å². The second-order valence-electron chi connectivity index (χ2n) is 11.9. The zero-order valence-electron chi connectivity index (χ0n) is 25.0. The zero-order chi connectivity index (χ0) is 29.9. The van der Waals surface area contributed by atoms with E-state index in [2.05, 4.69) is 160 Å². The number of hydrogen-bond acceptors (Lipinski definition) is 4. The average molecular weight is 582 g/mol. The Morgan fingerprint density at radius 2 is 1.47 bits per heavy atom. The van der Waals surface area contributed by atoms with Crippen LogP contribution in [0.25, 0.3) is 38.8 Å². The lowest BCUT2D eigenvalue weighted by Gasteiger charge is -2.27. The number of benzene rings is 5. The van der Waals surface area contributed by atoms with Gasteiger partial charge in [0.1, 0.15) is 5.82 Å². The normalized spacial score (nSPS) is 13.5. The van der Waals surface area contributed by atoms with Gasteiger partial charge in [-0.3, -0.25) is 4.57 Å². The lowest BCUT2D eigenvalue weighted by Crippen LogP contribution is -2.21. The minimum Gasteiger partial charge on any atom is -0.361 e. The Morgan fingerprint density at radius 1 is 0.644 bits per heavy atom. The SMILES string of the molecule is CN1C=CN(c2cccc(N(c3ccccc3)c3ccc4c5c6c(ccc5n(-c5ccccn5)c4c3)Cc3ccccc3-6)c2)C1. The molecule has 216 valence electrons. The van der Waals surface area contributed by atoms with Crippen molar-refractivity contribution in [2.45, 2.75) is 6.42 Å². The van der Waals surface area contributed by atoms with Crippen LogP contribution in [0.15, 0.2) is 146 Å². The van der Waals surface area contributed by atoms with Gasteiger partial charge in [0.25, 0.3) is 0 Å². The fraction of sp³-hybridized carbons (Fsp3) is 0.0750. The average Bonchev–Trinajstić information content (AvgIpc) is 3.79. The first kappa shape index (κ1) is 25.7. The molecule has 0 radical (unpaired) electrons. The molecule has 1 aliphatic heterocycles. The van der Waals surface area contributed by atoms with Crippen LogP contribution in [-0.2, 0) is 6.42 Å². The maximum atomic E-state index is 4.85. The van der Waals surface area contributed by atoms with Crippen LogP contribution in [0, 0.1) is 0 Å². The van der Waals surface area contributed by atoms with Crippen LogP contribution in [0.5, 0.6) is 0 Å². The monoisotopic (exact) mass is 581 g/mol. The Morgan fingerprint density at radius 3 is 2.31 bits per heavy atom. The fourth-order valence-corrected chi connectivity index (χ4v) is 7.12. The molecule has 0 fully saturated rings. The molecule has 0 N–H and O–H groups in total. The number of para-hydroxylation sites is 1. The van der Waals surface area contributed by atoms with Gasteiger partial charge < -0.3 is 14.7 Å². The summed E-state index contributed by atoms with van der Waals surface area (Å²) in [4.78, 5) is 11.7. The van der Waals surface area contributed by atoms with Gasteiger partial charge in [0, 0.05) is 59.2 Å². The van der Waals surface area contributed by atoms with Gasteiger partial charge in [0.15, 0.2) is 0 Å². The number of pyridine rings is 1. The number of rotatable bonds is 5. The summed E-state index contributed by atoms with van der Waals surface area (Å²) >= 11 is 0. The molecule has 0 saturated carbocycles. The van der Waals surface area contributed by atoms with E-state index in [1.54, 1.807) is 0 Å². The maximum Gasteiger partial charge on any atom is 0.137 e. The second kappa shape index (κ2) is 10.1. The summed E-state index contributed by atoms with van der Waals surface area (Å²) < 4.78 is 2.33. The molecule has 5 heteroatoms. The van der Waals surface area contributed by atoms with Crippen molar-refractivity contribution >= 4 is 44.6 Å². The molecule has 1 aliphatic carbocycles. The largest absolute Gasteiger partial charge is 0.361 e. The van der Waals surface area contributed by atoms with Gasteiger partial charge in [-0.05, 0) is 89.3 Å². The fourth-order valence-electron chi connectivity index (χ4n) is 7.12. The van der Waals surface area contributed by atoms with E-state index in [0.29, 0.717) is 0 Å². The predicted molar refractivity (Wildman–Crippen MR) is 186 cm³/mol. The van der Waals surface area contributed by atoms with E-state index in [-0.39, 0.29) is 0 Å². The van der Waals surface area contributed by atoms with Crippen LogP contribution >= 0.6 is 0 Å². The molecule has 0 atom stereocenters.